The maximum absolute atomic E-state index is 11.7. The normalized spacial score (nSPS) is 11.6. The Balaban J connectivity index is 2.70. The highest BCUT2D eigenvalue weighted by molar-refractivity contribution is 5.95. The SMILES string of the molecule is COc1ccccc1NC(=O)C(C)CC(=O)O. The third-order valence-corrected chi connectivity index (χ3v) is 2.29. The van der Waals surface area contributed by atoms with Crippen LogP contribution < -0.4 is 10.1 Å². The zero-order chi connectivity index (χ0) is 12.8. The van der Waals surface area contributed by atoms with Crippen LogP contribution in [0.5, 0.6) is 5.75 Å². The van der Waals surface area contributed by atoms with Gasteiger partial charge in [-0.2, -0.15) is 0 Å². The summed E-state index contributed by atoms with van der Waals surface area (Å²) in [6.45, 7) is 1.57. The van der Waals surface area contributed by atoms with E-state index in [4.69, 9.17) is 9.84 Å². The molecule has 1 unspecified atom stereocenters. The Labute approximate surface area is 99.4 Å². The molecule has 92 valence electrons. The summed E-state index contributed by atoms with van der Waals surface area (Å²) >= 11 is 0. The molecule has 0 bridgehead atoms. The van der Waals surface area contributed by atoms with Gasteiger partial charge in [-0.05, 0) is 12.1 Å². The number of carboxylic acids is 1. The number of carbonyl (C=O) groups excluding carboxylic acids is 1. The quantitative estimate of drug-likeness (QED) is 0.818. The number of nitrogens with one attached hydrogen (secondary N) is 1. The van der Waals surface area contributed by atoms with Crippen LogP contribution in [-0.4, -0.2) is 24.1 Å². The highest BCUT2D eigenvalue weighted by Crippen LogP contribution is 2.23. The van der Waals surface area contributed by atoms with Crippen LogP contribution in [0.25, 0.3) is 0 Å². The van der Waals surface area contributed by atoms with Crippen LogP contribution >= 0.6 is 0 Å². The van der Waals surface area contributed by atoms with E-state index >= 15 is 0 Å². The Morgan fingerprint density at radius 1 is 1.41 bits per heavy atom. The van der Waals surface area contributed by atoms with E-state index in [0.29, 0.717) is 11.4 Å². The first-order valence-corrected chi connectivity index (χ1v) is 5.20. The second-order valence-corrected chi connectivity index (χ2v) is 3.69. The molecule has 1 rings (SSSR count). The third kappa shape index (κ3) is 3.79. The predicted octanol–water partition coefficient (Wildman–Crippen LogP) is 1.74. The van der Waals surface area contributed by atoms with Gasteiger partial charge < -0.3 is 15.2 Å². The summed E-state index contributed by atoms with van der Waals surface area (Å²) in [5.74, 6) is -1.37. The summed E-state index contributed by atoms with van der Waals surface area (Å²) in [6, 6.07) is 6.97. The number of benzene rings is 1. The molecule has 0 fully saturated rings. The monoisotopic (exact) mass is 237 g/mol. The van der Waals surface area contributed by atoms with E-state index in [-0.39, 0.29) is 12.3 Å². The van der Waals surface area contributed by atoms with Crippen LogP contribution in [-0.2, 0) is 9.59 Å². The van der Waals surface area contributed by atoms with Crippen molar-refractivity contribution in [2.75, 3.05) is 12.4 Å². The van der Waals surface area contributed by atoms with Gasteiger partial charge >= 0.3 is 5.97 Å². The van der Waals surface area contributed by atoms with Crippen molar-refractivity contribution in [3.05, 3.63) is 24.3 Å². The summed E-state index contributed by atoms with van der Waals surface area (Å²) in [7, 11) is 1.51. The molecule has 0 saturated heterocycles. The van der Waals surface area contributed by atoms with Gasteiger partial charge in [-0.3, -0.25) is 9.59 Å². The maximum Gasteiger partial charge on any atom is 0.304 e. The smallest absolute Gasteiger partial charge is 0.304 e. The number of hydrogen-bond donors (Lipinski definition) is 2. The number of methoxy groups -OCH3 is 1. The fraction of sp³-hybridized carbons (Fsp3) is 0.333. The fourth-order valence-corrected chi connectivity index (χ4v) is 1.36. The first-order chi connectivity index (χ1) is 8.04. The lowest BCUT2D eigenvalue weighted by Crippen LogP contribution is -2.22. The van der Waals surface area contributed by atoms with Gasteiger partial charge in [0.2, 0.25) is 5.91 Å². The minimum atomic E-state index is -0.993. The summed E-state index contributed by atoms with van der Waals surface area (Å²) < 4.78 is 5.08. The molecule has 0 aliphatic carbocycles. The minimum absolute atomic E-state index is 0.193. The molecule has 2 N–H and O–H groups in total. The zero-order valence-corrected chi connectivity index (χ0v) is 9.77. The molecular weight excluding hydrogens is 222 g/mol. The van der Waals surface area contributed by atoms with E-state index < -0.39 is 11.9 Å². The average Bonchev–Trinajstić information content (AvgIpc) is 2.28. The molecule has 0 aliphatic heterocycles. The lowest BCUT2D eigenvalue weighted by atomic mass is 10.1. The van der Waals surface area contributed by atoms with E-state index in [9.17, 15) is 9.59 Å². The summed E-state index contributed by atoms with van der Waals surface area (Å²) in [5, 5.41) is 11.2. The molecule has 1 aromatic rings. The molecule has 5 nitrogen and oxygen atoms in total. The highest BCUT2D eigenvalue weighted by Gasteiger charge is 2.17. The van der Waals surface area contributed by atoms with Gasteiger partial charge in [0.05, 0.1) is 19.2 Å². The Hall–Kier alpha value is -2.04. The van der Waals surface area contributed by atoms with Crippen molar-refractivity contribution in [2.24, 2.45) is 5.92 Å². The number of aliphatic carboxylic acids is 1. The molecule has 0 saturated carbocycles. The van der Waals surface area contributed by atoms with E-state index in [2.05, 4.69) is 5.32 Å². The summed E-state index contributed by atoms with van der Waals surface area (Å²) in [5.41, 5.74) is 0.539. The highest BCUT2D eigenvalue weighted by atomic mass is 16.5. The van der Waals surface area contributed by atoms with Crippen molar-refractivity contribution in [1.29, 1.82) is 0 Å². The van der Waals surface area contributed by atoms with E-state index in [1.807, 2.05) is 0 Å². The third-order valence-electron chi connectivity index (χ3n) is 2.29. The largest absolute Gasteiger partial charge is 0.495 e. The van der Waals surface area contributed by atoms with Crippen molar-refractivity contribution in [3.63, 3.8) is 0 Å². The maximum atomic E-state index is 11.7. The van der Waals surface area contributed by atoms with Crippen LogP contribution in [0.2, 0.25) is 0 Å². The number of hydrogen-bond acceptors (Lipinski definition) is 3. The van der Waals surface area contributed by atoms with Crippen LogP contribution in [0.15, 0.2) is 24.3 Å². The van der Waals surface area contributed by atoms with Crippen LogP contribution in [0.4, 0.5) is 5.69 Å². The topological polar surface area (TPSA) is 75.6 Å². The molecule has 5 heteroatoms. The van der Waals surface area contributed by atoms with Gasteiger partial charge in [-0.1, -0.05) is 19.1 Å². The average molecular weight is 237 g/mol. The first kappa shape index (κ1) is 13.0. The second-order valence-electron chi connectivity index (χ2n) is 3.69. The van der Waals surface area contributed by atoms with Crippen LogP contribution in [0.1, 0.15) is 13.3 Å². The van der Waals surface area contributed by atoms with Gasteiger partial charge in [0.25, 0.3) is 0 Å². The Morgan fingerprint density at radius 2 is 2.06 bits per heavy atom. The number of rotatable bonds is 5. The summed E-state index contributed by atoms with van der Waals surface area (Å²) in [6.07, 6.45) is -0.193. The summed E-state index contributed by atoms with van der Waals surface area (Å²) in [4.78, 5) is 22.2. The van der Waals surface area contributed by atoms with E-state index in [1.165, 1.54) is 7.11 Å². The van der Waals surface area contributed by atoms with Crippen molar-refractivity contribution in [3.8, 4) is 5.75 Å². The first-order valence-electron chi connectivity index (χ1n) is 5.20. The molecule has 0 aromatic heterocycles. The molecule has 0 radical (unpaired) electrons. The van der Waals surface area contributed by atoms with Gasteiger partial charge in [-0.15, -0.1) is 0 Å². The Bertz CT molecular complexity index is 417. The molecule has 1 atom stereocenters. The fourth-order valence-electron chi connectivity index (χ4n) is 1.36. The van der Waals surface area contributed by atoms with E-state index in [1.54, 1.807) is 31.2 Å². The number of carboxylic acid groups (broad SMARTS) is 1. The predicted molar refractivity (Wildman–Crippen MR) is 63.0 cm³/mol. The Kier molecular flexibility index (Phi) is 4.51. The molecule has 0 aliphatic rings. The van der Waals surface area contributed by atoms with E-state index in [0.717, 1.165) is 0 Å². The van der Waals surface area contributed by atoms with Gasteiger partial charge in [0.1, 0.15) is 5.75 Å². The molecule has 1 aromatic carbocycles. The van der Waals surface area contributed by atoms with Crippen molar-refractivity contribution < 1.29 is 19.4 Å². The number of anilines is 1. The van der Waals surface area contributed by atoms with Crippen LogP contribution in [0.3, 0.4) is 0 Å². The van der Waals surface area contributed by atoms with Gasteiger partial charge in [-0.25, -0.2) is 0 Å². The minimum Gasteiger partial charge on any atom is -0.495 e. The molecular formula is C12H15NO4. The van der Waals surface area contributed by atoms with Gasteiger partial charge in [0, 0.05) is 5.92 Å². The molecule has 17 heavy (non-hydrogen) atoms. The number of ether oxygens (including phenoxy) is 1. The number of para-hydroxylation sites is 2. The molecule has 1 amide bonds. The molecule has 0 spiro atoms. The second kappa shape index (κ2) is 5.89. The van der Waals surface area contributed by atoms with Gasteiger partial charge in [0.15, 0.2) is 0 Å². The lowest BCUT2D eigenvalue weighted by Gasteiger charge is -2.12. The number of amides is 1. The van der Waals surface area contributed by atoms with Crippen molar-refractivity contribution in [2.45, 2.75) is 13.3 Å². The number of carbonyl (C=O) groups is 2. The Morgan fingerprint density at radius 3 is 2.65 bits per heavy atom. The standard InChI is InChI=1S/C12H15NO4/c1-8(7-11(14)15)12(16)13-9-5-3-4-6-10(9)17-2/h3-6,8H,7H2,1-2H3,(H,13,16)(H,14,15). The van der Waals surface area contributed by atoms with Crippen molar-refractivity contribution in [1.82, 2.24) is 0 Å². The zero-order valence-electron chi connectivity index (χ0n) is 9.77. The van der Waals surface area contributed by atoms with Crippen molar-refractivity contribution >= 4 is 17.6 Å². The molecule has 0 heterocycles. The van der Waals surface area contributed by atoms with Crippen LogP contribution in [0, 0.1) is 5.92 Å². The lowest BCUT2D eigenvalue weighted by molar-refractivity contribution is -0.139.